The van der Waals surface area contributed by atoms with Crippen LogP contribution < -0.4 is 15.5 Å². The van der Waals surface area contributed by atoms with Crippen LogP contribution in [0.4, 0.5) is 5.82 Å². The van der Waals surface area contributed by atoms with E-state index in [1.165, 1.54) is 5.01 Å². The van der Waals surface area contributed by atoms with Gasteiger partial charge in [0, 0.05) is 29.9 Å². The number of carbonyl (C=O) groups excluding carboxylic acids is 1. The second-order valence-electron chi connectivity index (χ2n) is 7.59. The van der Waals surface area contributed by atoms with Gasteiger partial charge in [-0.25, -0.2) is 15.8 Å². The average molecular weight is 426 g/mol. The number of piperazine rings is 1. The van der Waals surface area contributed by atoms with Gasteiger partial charge in [-0.15, -0.1) is 0 Å². The van der Waals surface area contributed by atoms with E-state index in [1.807, 2.05) is 53.4 Å². The number of fused-ring (bicyclic) bond motifs is 1. The predicted octanol–water partition coefficient (Wildman–Crippen LogP) is 2.89. The highest BCUT2D eigenvalue weighted by atomic mass is 16.5. The van der Waals surface area contributed by atoms with E-state index in [-0.39, 0.29) is 12.5 Å². The summed E-state index contributed by atoms with van der Waals surface area (Å²) in [6.45, 7) is 1.19. The number of anilines is 1. The second-order valence-corrected chi connectivity index (χ2v) is 7.59. The molecule has 160 valence electrons. The van der Waals surface area contributed by atoms with E-state index in [9.17, 15) is 4.79 Å². The highest BCUT2D eigenvalue weighted by molar-refractivity contribution is 5.96. The topological polar surface area (TPSA) is 97.5 Å². The molecule has 0 bridgehead atoms. The fraction of sp³-hybridized carbons (Fsp3) is 0.167. The number of benzene rings is 2. The molecule has 32 heavy (non-hydrogen) atoms. The first kappa shape index (κ1) is 19.9. The monoisotopic (exact) mass is 426 g/mol. The molecule has 0 atom stereocenters. The lowest BCUT2D eigenvalue weighted by molar-refractivity contribution is -0.131. The van der Waals surface area contributed by atoms with E-state index in [1.54, 1.807) is 19.5 Å². The van der Waals surface area contributed by atoms with E-state index < -0.39 is 0 Å². The number of hydrogen-bond acceptors (Lipinski definition) is 7. The number of rotatable bonds is 4. The molecule has 8 nitrogen and oxygen atoms in total. The zero-order valence-electron chi connectivity index (χ0n) is 17.6. The molecule has 2 aromatic heterocycles. The molecular formula is C24H22N6O2. The number of nitrogens with zero attached hydrogens (tertiary/aromatic N) is 5. The zero-order chi connectivity index (χ0) is 22.1. The lowest BCUT2D eigenvalue weighted by Gasteiger charge is -2.33. The van der Waals surface area contributed by atoms with E-state index in [0.29, 0.717) is 24.7 Å². The van der Waals surface area contributed by atoms with Crippen molar-refractivity contribution in [3.8, 4) is 28.3 Å². The molecule has 0 aliphatic carbocycles. The van der Waals surface area contributed by atoms with Crippen LogP contribution in [0.3, 0.4) is 0 Å². The molecule has 2 N–H and O–H groups in total. The van der Waals surface area contributed by atoms with Gasteiger partial charge in [-0.1, -0.05) is 18.2 Å². The molecule has 5 rings (SSSR count). The molecule has 0 radical (unpaired) electrons. The standard InChI is InChI=1S/C24H22N6O2/c1-32-19-6-2-4-16(12-19)17-7-8-21-20(13-17)24(29-10-11-30(25)22(31)15-29)28-23(27-21)18-5-3-9-26-14-18/h2-9,12-14H,10-11,15,25H2,1H3. The van der Waals surface area contributed by atoms with Gasteiger partial charge in [-0.3, -0.25) is 14.8 Å². The zero-order valence-corrected chi connectivity index (χ0v) is 17.6. The summed E-state index contributed by atoms with van der Waals surface area (Å²) in [4.78, 5) is 28.1. The molecule has 1 saturated heterocycles. The first-order chi connectivity index (χ1) is 15.6. The van der Waals surface area contributed by atoms with Crippen LogP contribution >= 0.6 is 0 Å². The summed E-state index contributed by atoms with van der Waals surface area (Å²) >= 11 is 0. The number of amides is 1. The molecule has 8 heteroatoms. The van der Waals surface area contributed by atoms with Crippen molar-refractivity contribution in [1.82, 2.24) is 20.0 Å². The van der Waals surface area contributed by atoms with E-state index in [2.05, 4.69) is 11.1 Å². The summed E-state index contributed by atoms with van der Waals surface area (Å²) in [7, 11) is 1.65. The minimum Gasteiger partial charge on any atom is -0.497 e. The Kier molecular flexibility index (Phi) is 5.12. The van der Waals surface area contributed by atoms with Crippen molar-refractivity contribution in [3.05, 3.63) is 67.0 Å². The molecule has 1 aliphatic heterocycles. The predicted molar refractivity (Wildman–Crippen MR) is 123 cm³/mol. The summed E-state index contributed by atoms with van der Waals surface area (Å²) in [5.74, 6) is 7.70. The quantitative estimate of drug-likeness (QED) is 0.396. The van der Waals surface area contributed by atoms with Crippen LogP contribution in [0, 0.1) is 0 Å². The normalized spacial score (nSPS) is 14.1. The lowest BCUT2D eigenvalue weighted by Crippen LogP contribution is -2.53. The number of hydrazine groups is 1. The van der Waals surface area contributed by atoms with Crippen LogP contribution in [0.1, 0.15) is 0 Å². The van der Waals surface area contributed by atoms with Gasteiger partial charge in [0.1, 0.15) is 11.6 Å². The minimum absolute atomic E-state index is 0.144. The molecule has 0 saturated carbocycles. The lowest BCUT2D eigenvalue weighted by atomic mass is 10.0. The molecular weight excluding hydrogens is 404 g/mol. The third kappa shape index (κ3) is 3.72. The summed E-state index contributed by atoms with van der Waals surface area (Å²) < 4.78 is 5.38. The summed E-state index contributed by atoms with van der Waals surface area (Å²) in [5, 5.41) is 2.13. The third-order valence-corrected chi connectivity index (χ3v) is 5.56. The number of pyridine rings is 1. The molecule has 3 heterocycles. The van der Waals surface area contributed by atoms with Crippen LogP contribution in [0.2, 0.25) is 0 Å². The van der Waals surface area contributed by atoms with Crippen LogP contribution in [0.5, 0.6) is 5.75 Å². The van der Waals surface area contributed by atoms with Gasteiger partial charge in [-0.05, 0) is 47.5 Å². The number of aromatic nitrogens is 3. The Labute approximate surface area is 185 Å². The Morgan fingerprint density at radius 3 is 2.59 bits per heavy atom. The Morgan fingerprint density at radius 2 is 1.81 bits per heavy atom. The van der Waals surface area contributed by atoms with Crippen LogP contribution in [-0.2, 0) is 4.79 Å². The maximum absolute atomic E-state index is 12.3. The average Bonchev–Trinajstić information content (AvgIpc) is 2.85. The van der Waals surface area contributed by atoms with Gasteiger partial charge in [0.2, 0.25) is 0 Å². The van der Waals surface area contributed by atoms with Crippen molar-refractivity contribution in [3.63, 3.8) is 0 Å². The number of ether oxygens (including phenoxy) is 1. The highest BCUT2D eigenvalue weighted by Crippen LogP contribution is 2.32. The Balaban J connectivity index is 1.67. The van der Waals surface area contributed by atoms with Gasteiger partial charge in [0.25, 0.3) is 5.91 Å². The van der Waals surface area contributed by atoms with E-state index in [0.717, 1.165) is 33.3 Å². The highest BCUT2D eigenvalue weighted by Gasteiger charge is 2.25. The first-order valence-electron chi connectivity index (χ1n) is 10.3. The van der Waals surface area contributed by atoms with Crippen molar-refractivity contribution in [2.24, 2.45) is 5.84 Å². The van der Waals surface area contributed by atoms with Gasteiger partial charge >= 0.3 is 0 Å². The van der Waals surface area contributed by atoms with Gasteiger partial charge in [0.15, 0.2) is 5.82 Å². The maximum atomic E-state index is 12.3. The number of nitrogens with two attached hydrogens (primary N) is 1. The first-order valence-corrected chi connectivity index (χ1v) is 10.3. The largest absolute Gasteiger partial charge is 0.497 e. The number of carbonyl (C=O) groups is 1. The fourth-order valence-electron chi connectivity index (χ4n) is 3.83. The van der Waals surface area contributed by atoms with Gasteiger partial charge in [-0.2, -0.15) is 0 Å². The Hall–Kier alpha value is -4.04. The molecule has 2 aromatic carbocycles. The fourth-order valence-corrected chi connectivity index (χ4v) is 3.83. The SMILES string of the molecule is COc1cccc(-c2ccc3nc(-c4cccnc4)nc(N4CCN(N)C(=O)C4)c3c2)c1. The van der Waals surface area contributed by atoms with Crippen molar-refractivity contribution >= 4 is 22.6 Å². The van der Waals surface area contributed by atoms with E-state index in [4.69, 9.17) is 20.5 Å². The molecule has 1 aliphatic rings. The van der Waals surface area contributed by atoms with Crippen LogP contribution in [0.15, 0.2) is 67.0 Å². The third-order valence-electron chi connectivity index (χ3n) is 5.56. The molecule has 0 unspecified atom stereocenters. The molecule has 4 aromatic rings. The number of hydrogen-bond donors (Lipinski definition) is 1. The molecule has 1 fully saturated rings. The second kappa shape index (κ2) is 8.24. The van der Waals surface area contributed by atoms with Crippen molar-refractivity contribution < 1.29 is 9.53 Å². The smallest absolute Gasteiger partial charge is 0.256 e. The maximum Gasteiger partial charge on any atom is 0.256 e. The van der Waals surface area contributed by atoms with Crippen LogP contribution in [0.25, 0.3) is 33.4 Å². The Bertz CT molecular complexity index is 1290. The number of methoxy groups -OCH3 is 1. The Morgan fingerprint density at radius 1 is 0.969 bits per heavy atom. The van der Waals surface area contributed by atoms with Crippen molar-refractivity contribution in [1.29, 1.82) is 0 Å². The van der Waals surface area contributed by atoms with Gasteiger partial charge < -0.3 is 9.64 Å². The van der Waals surface area contributed by atoms with E-state index >= 15 is 0 Å². The van der Waals surface area contributed by atoms with Gasteiger partial charge in [0.05, 0.1) is 25.7 Å². The minimum atomic E-state index is -0.144. The van der Waals surface area contributed by atoms with Crippen molar-refractivity contribution in [2.45, 2.75) is 0 Å². The molecule has 0 spiro atoms. The molecule has 1 amide bonds. The summed E-state index contributed by atoms with van der Waals surface area (Å²) in [6, 6.07) is 17.7. The van der Waals surface area contributed by atoms with Crippen LogP contribution in [-0.4, -0.2) is 52.6 Å². The van der Waals surface area contributed by atoms with Crippen molar-refractivity contribution in [2.75, 3.05) is 31.6 Å². The summed E-state index contributed by atoms with van der Waals surface area (Å²) in [5.41, 5.74) is 3.65. The summed E-state index contributed by atoms with van der Waals surface area (Å²) in [6.07, 6.45) is 3.45.